The van der Waals surface area contributed by atoms with Gasteiger partial charge in [-0.05, 0) is 48.0 Å². The number of halogens is 2. The molecule has 1 aromatic heterocycles. The average Bonchev–Trinajstić information content (AvgIpc) is 2.69. The molecule has 1 heterocycles. The van der Waals surface area contributed by atoms with Crippen molar-refractivity contribution in [3.8, 4) is 5.75 Å². The lowest BCUT2D eigenvalue weighted by atomic mass is 10.2. The number of thiophene rings is 1. The van der Waals surface area contributed by atoms with Crippen molar-refractivity contribution in [2.45, 2.75) is 13.8 Å². The van der Waals surface area contributed by atoms with E-state index in [1.54, 1.807) is 17.4 Å². The predicted octanol–water partition coefficient (Wildman–Crippen LogP) is 4.53. The molecule has 5 heteroatoms. The Labute approximate surface area is 123 Å². The van der Waals surface area contributed by atoms with Crippen LogP contribution in [-0.4, -0.2) is 12.4 Å². The first-order valence-corrected chi connectivity index (χ1v) is 7.26. The Kier molecular flexibility index (Phi) is 4.37. The highest BCUT2D eigenvalue weighted by molar-refractivity contribution is 9.10. The molecule has 19 heavy (non-hydrogen) atoms. The van der Waals surface area contributed by atoms with Gasteiger partial charge in [0.1, 0.15) is 11.6 Å². The van der Waals surface area contributed by atoms with E-state index in [0.29, 0.717) is 15.8 Å². The molecule has 0 spiro atoms. The van der Waals surface area contributed by atoms with E-state index in [2.05, 4.69) is 15.9 Å². The summed E-state index contributed by atoms with van der Waals surface area (Å²) in [7, 11) is 0. The molecule has 0 radical (unpaired) electrons. The lowest BCUT2D eigenvalue weighted by Gasteiger charge is -2.07. The Balaban J connectivity index is 2.08. The second-order valence-corrected chi connectivity index (χ2v) is 6.43. The Morgan fingerprint density at radius 2 is 2.11 bits per heavy atom. The molecule has 0 saturated heterocycles. The van der Waals surface area contributed by atoms with E-state index in [9.17, 15) is 9.18 Å². The molecular weight excluding hydrogens is 331 g/mol. The van der Waals surface area contributed by atoms with Crippen molar-refractivity contribution in [1.29, 1.82) is 0 Å². The molecule has 0 aliphatic heterocycles. The summed E-state index contributed by atoms with van der Waals surface area (Å²) < 4.78 is 19.1. The van der Waals surface area contributed by atoms with Crippen molar-refractivity contribution in [1.82, 2.24) is 0 Å². The summed E-state index contributed by atoms with van der Waals surface area (Å²) in [6, 6.07) is 5.98. The maximum absolute atomic E-state index is 13.1. The average molecular weight is 343 g/mol. The summed E-state index contributed by atoms with van der Waals surface area (Å²) in [6.45, 7) is 3.76. The molecular formula is C14H12BrFO2S. The molecule has 0 unspecified atom stereocenters. The van der Waals surface area contributed by atoms with Gasteiger partial charge in [0.25, 0.3) is 0 Å². The molecule has 100 valence electrons. The van der Waals surface area contributed by atoms with Crippen molar-refractivity contribution >= 4 is 33.0 Å². The largest absolute Gasteiger partial charge is 0.484 e. The Morgan fingerprint density at radius 3 is 2.74 bits per heavy atom. The summed E-state index contributed by atoms with van der Waals surface area (Å²) in [5.74, 6) is -0.163. The topological polar surface area (TPSA) is 26.3 Å². The first kappa shape index (κ1) is 14.2. The first-order chi connectivity index (χ1) is 8.97. The van der Waals surface area contributed by atoms with E-state index in [4.69, 9.17) is 4.74 Å². The van der Waals surface area contributed by atoms with Crippen molar-refractivity contribution in [3.05, 3.63) is 49.9 Å². The van der Waals surface area contributed by atoms with Gasteiger partial charge < -0.3 is 4.74 Å². The minimum atomic E-state index is -0.395. The zero-order valence-electron chi connectivity index (χ0n) is 10.5. The van der Waals surface area contributed by atoms with Gasteiger partial charge in [-0.1, -0.05) is 0 Å². The molecule has 2 rings (SSSR count). The number of ether oxygens (including phenoxy) is 1. The highest BCUT2D eigenvalue weighted by Crippen LogP contribution is 2.26. The molecule has 2 aromatic rings. The lowest BCUT2D eigenvalue weighted by Crippen LogP contribution is -2.12. The van der Waals surface area contributed by atoms with Crippen LogP contribution in [0.2, 0.25) is 0 Å². The van der Waals surface area contributed by atoms with Gasteiger partial charge in [0, 0.05) is 21.4 Å². The van der Waals surface area contributed by atoms with Gasteiger partial charge in [-0.25, -0.2) is 4.39 Å². The molecule has 1 aromatic carbocycles. The highest BCUT2D eigenvalue weighted by Gasteiger charge is 2.13. The minimum absolute atomic E-state index is 0.0981. The third-order valence-electron chi connectivity index (χ3n) is 2.59. The maximum Gasteiger partial charge on any atom is 0.201 e. The van der Waals surface area contributed by atoms with Crippen LogP contribution in [0.5, 0.6) is 5.75 Å². The van der Waals surface area contributed by atoms with Crippen molar-refractivity contribution in [2.24, 2.45) is 0 Å². The second-order valence-electron chi connectivity index (χ2n) is 4.11. The fourth-order valence-corrected chi connectivity index (χ4v) is 3.02. The van der Waals surface area contributed by atoms with Crippen LogP contribution in [0.3, 0.4) is 0 Å². The first-order valence-electron chi connectivity index (χ1n) is 5.65. The van der Waals surface area contributed by atoms with Crippen molar-refractivity contribution in [2.75, 3.05) is 6.61 Å². The van der Waals surface area contributed by atoms with E-state index in [1.165, 1.54) is 12.1 Å². The number of carbonyl (C=O) groups excluding carboxylic acids is 1. The predicted molar refractivity (Wildman–Crippen MR) is 77.7 cm³/mol. The molecule has 0 aliphatic carbocycles. The quantitative estimate of drug-likeness (QED) is 0.763. The minimum Gasteiger partial charge on any atom is -0.484 e. The molecule has 0 fully saturated rings. The number of hydrogen-bond acceptors (Lipinski definition) is 3. The molecule has 0 amide bonds. The van der Waals surface area contributed by atoms with Gasteiger partial charge in [0.05, 0.1) is 4.47 Å². The maximum atomic E-state index is 13.1. The Morgan fingerprint density at radius 1 is 1.37 bits per heavy atom. The van der Waals surface area contributed by atoms with Gasteiger partial charge in [0.2, 0.25) is 5.78 Å². The summed E-state index contributed by atoms with van der Waals surface area (Å²) in [5.41, 5.74) is 0.676. The lowest BCUT2D eigenvalue weighted by molar-refractivity contribution is 0.0920. The van der Waals surface area contributed by atoms with E-state index in [0.717, 1.165) is 9.75 Å². The number of Topliss-reactive ketones (excluding diaryl/α,β-unsaturated/α-hetero) is 1. The Hall–Kier alpha value is -1.20. The zero-order valence-corrected chi connectivity index (χ0v) is 12.9. The van der Waals surface area contributed by atoms with Crippen LogP contribution < -0.4 is 4.74 Å². The fourth-order valence-electron chi connectivity index (χ4n) is 1.72. The van der Waals surface area contributed by atoms with E-state index in [1.807, 2.05) is 19.9 Å². The number of ketones is 1. The molecule has 0 bridgehead atoms. The van der Waals surface area contributed by atoms with Crippen molar-refractivity contribution in [3.63, 3.8) is 0 Å². The molecule has 0 saturated carbocycles. The number of benzene rings is 1. The van der Waals surface area contributed by atoms with E-state index < -0.39 is 5.82 Å². The van der Waals surface area contributed by atoms with Gasteiger partial charge in [-0.3, -0.25) is 4.79 Å². The van der Waals surface area contributed by atoms with Gasteiger partial charge >= 0.3 is 0 Å². The number of hydrogen-bond donors (Lipinski definition) is 0. The van der Waals surface area contributed by atoms with E-state index in [-0.39, 0.29) is 12.4 Å². The van der Waals surface area contributed by atoms with Crippen LogP contribution in [-0.2, 0) is 0 Å². The summed E-state index contributed by atoms with van der Waals surface area (Å²) in [6.07, 6.45) is 0. The smallest absolute Gasteiger partial charge is 0.201 e. The highest BCUT2D eigenvalue weighted by atomic mass is 79.9. The van der Waals surface area contributed by atoms with Crippen LogP contribution in [0.4, 0.5) is 4.39 Å². The second kappa shape index (κ2) is 5.84. The van der Waals surface area contributed by atoms with Gasteiger partial charge in [-0.15, -0.1) is 11.3 Å². The zero-order chi connectivity index (χ0) is 14.0. The van der Waals surface area contributed by atoms with Crippen LogP contribution in [0.15, 0.2) is 28.7 Å². The van der Waals surface area contributed by atoms with E-state index >= 15 is 0 Å². The summed E-state index contributed by atoms with van der Waals surface area (Å²) in [4.78, 5) is 14.1. The third kappa shape index (κ3) is 3.42. The number of aryl methyl sites for hydroxylation is 2. The van der Waals surface area contributed by atoms with Crippen LogP contribution in [0.1, 0.15) is 20.1 Å². The standard InChI is InChI=1S/C14H12BrFO2S/c1-8-5-11(9(2)19-8)13(17)7-18-14-6-10(16)3-4-12(14)15/h3-6H,7H2,1-2H3. The molecule has 0 aliphatic rings. The molecule has 0 N–H and O–H groups in total. The van der Waals surface area contributed by atoms with Gasteiger partial charge in [0.15, 0.2) is 6.61 Å². The monoisotopic (exact) mass is 342 g/mol. The normalized spacial score (nSPS) is 10.5. The molecule has 2 nitrogen and oxygen atoms in total. The summed E-state index contributed by atoms with van der Waals surface area (Å²) >= 11 is 4.83. The van der Waals surface area contributed by atoms with Crippen molar-refractivity contribution < 1.29 is 13.9 Å². The SMILES string of the molecule is Cc1cc(C(=O)COc2cc(F)ccc2Br)c(C)s1. The third-order valence-corrected chi connectivity index (χ3v) is 4.21. The number of rotatable bonds is 4. The van der Waals surface area contributed by atoms with Crippen LogP contribution in [0.25, 0.3) is 0 Å². The Bertz CT molecular complexity index is 622. The van der Waals surface area contributed by atoms with Gasteiger partial charge in [-0.2, -0.15) is 0 Å². The van der Waals surface area contributed by atoms with Crippen LogP contribution in [0, 0.1) is 19.7 Å². The molecule has 0 atom stereocenters. The van der Waals surface area contributed by atoms with Crippen LogP contribution >= 0.6 is 27.3 Å². The fraction of sp³-hybridized carbons (Fsp3) is 0.214. The summed E-state index contributed by atoms with van der Waals surface area (Å²) in [5, 5.41) is 0. The number of carbonyl (C=O) groups is 1.